The van der Waals surface area contributed by atoms with Gasteiger partial charge in [0.15, 0.2) is 11.5 Å². The highest BCUT2D eigenvalue weighted by Crippen LogP contribution is 2.33. The van der Waals surface area contributed by atoms with Gasteiger partial charge >= 0.3 is 0 Å². The van der Waals surface area contributed by atoms with Crippen molar-refractivity contribution in [2.75, 3.05) is 13.7 Å². The van der Waals surface area contributed by atoms with Gasteiger partial charge in [-0.3, -0.25) is 4.79 Å². The monoisotopic (exact) mass is 410 g/mol. The van der Waals surface area contributed by atoms with E-state index in [1.807, 2.05) is 25.1 Å². The first-order chi connectivity index (χ1) is 12.9. The fourth-order valence-corrected chi connectivity index (χ4v) is 4.32. The molecule has 3 rings (SSSR count). The van der Waals surface area contributed by atoms with Crippen molar-refractivity contribution in [3.8, 4) is 11.5 Å². The Morgan fingerprint density at radius 1 is 1.18 bits per heavy atom. The second kappa shape index (κ2) is 10.4. The molecule has 158 valence electrons. The second-order valence-corrected chi connectivity index (χ2v) is 8.58. The summed E-state index contributed by atoms with van der Waals surface area (Å²) in [6.07, 6.45) is 5.43. The first kappa shape index (κ1) is 22.8. The molecule has 1 aromatic rings. The molecule has 0 saturated carbocycles. The summed E-state index contributed by atoms with van der Waals surface area (Å²) in [7, 11) is 1.65. The highest BCUT2D eigenvalue weighted by Gasteiger charge is 2.34. The molecule has 0 spiro atoms. The van der Waals surface area contributed by atoms with Crippen LogP contribution in [0.2, 0.25) is 0 Å². The number of fused-ring (bicyclic) bond motifs is 2. The summed E-state index contributed by atoms with van der Waals surface area (Å²) < 4.78 is 11.3. The molecule has 2 N–H and O–H groups in total. The molecule has 2 heterocycles. The Balaban J connectivity index is 0.00000280. The maximum absolute atomic E-state index is 12.5. The standard InChI is InChI=1S/C22H34N2O3.ClH/c1-14(2)13-27-20-8-5-17(12-21(20)26-4)15(3)23-22(25)11-16-9-18-6-7-19(10-16)24-18;/h5,8,12,14-16,18-19,24H,6-7,9-11,13H2,1-4H3,(H,23,25);1H. The Morgan fingerprint density at radius 2 is 1.86 bits per heavy atom. The fourth-order valence-electron chi connectivity index (χ4n) is 4.32. The molecule has 2 fully saturated rings. The first-order valence-electron chi connectivity index (χ1n) is 10.3. The zero-order chi connectivity index (χ0) is 19.4. The van der Waals surface area contributed by atoms with Gasteiger partial charge in [-0.15, -0.1) is 12.4 Å². The third-order valence-corrected chi connectivity index (χ3v) is 5.68. The molecule has 0 aliphatic carbocycles. The van der Waals surface area contributed by atoms with Crippen LogP contribution >= 0.6 is 12.4 Å². The third kappa shape index (κ3) is 6.02. The van der Waals surface area contributed by atoms with E-state index < -0.39 is 0 Å². The molecule has 3 atom stereocenters. The minimum absolute atomic E-state index is 0. The molecule has 2 bridgehead atoms. The molecule has 2 aliphatic heterocycles. The number of hydrogen-bond acceptors (Lipinski definition) is 4. The Morgan fingerprint density at radius 3 is 2.46 bits per heavy atom. The average Bonchev–Trinajstić information content (AvgIpc) is 2.97. The van der Waals surface area contributed by atoms with Crippen molar-refractivity contribution in [1.29, 1.82) is 0 Å². The number of piperidine rings is 1. The number of carbonyl (C=O) groups is 1. The SMILES string of the molecule is COc1cc(C(C)NC(=O)CC2CC3CCC(C2)N3)ccc1OCC(C)C.Cl. The molecule has 1 aromatic carbocycles. The molecule has 5 nitrogen and oxygen atoms in total. The van der Waals surface area contributed by atoms with Gasteiger partial charge in [-0.2, -0.15) is 0 Å². The zero-order valence-corrected chi connectivity index (χ0v) is 18.3. The normalized spacial score (nSPS) is 24.4. The minimum atomic E-state index is -0.0519. The van der Waals surface area contributed by atoms with Crippen LogP contribution in [0.1, 0.15) is 64.5 Å². The Bertz CT molecular complexity index is 641. The van der Waals surface area contributed by atoms with E-state index >= 15 is 0 Å². The van der Waals surface area contributed by atoms with E-state index in [-0.39, 0.29) is 24.4 Å². The quantitative estimate of drug-likeness (QED) is 0.672. The summed E-state index contributed by atoms with van der Waals surface area (Å²) in [5.41, 5.74) is 1.03. The number of amides is 1. The van der Waals surface area contributed by atoms with Gasteiger partial charge in [-0.25, -0.2) is 0 Å². The van der Waals surface area contributed by atoms with Crippen molar-refractivity contribution >= 4 is 18.3 Å². The van der Waals surface area contributed by atoms with E-state index in [0.717, 1.165) is 24.2 Å². The third-order valence-electron chi connectivity index (χ3n) is 5.68. The highest BCUT2D eigenvalue weighted by molar-refractivity contribution is 5.85. The lowest BCUT2D eigenvalue weighted by atomic mass is 9.89. The summed E-state index contributed by atoms with van der Waals surface area (Å²) in [5.74, 6) is 2.57. The maximum Gasteiger partial charge on any atom is 0.220 e. The van der Waals surface area contributed by atoms with Gasteiger partial charge < -0.3 is 20.1 Å². The lowest BCUT2D eigenvalue weighted by molar-refractivity contribution is -0.122. The van der Waals surface area contributed by atoms with Gasteiger partial charge in [0.25, 0.3) is 0 Å². The molecule has 6 heteroatoms. The van der Waals surface area contributed by atoms with Gasteiger partial charge in [-0.1, -0.05) is 19.9 Å². The first-order valence-corrected chi connectivity index (χ1v) is 10.3. The molecule has 28 heavy (non-hydrogen) atoms. The largest absolute Gasteiger partial charge is 0.493 e. The van der Waals surface area contributed by atoms with Crippen molar-refractivity contribution in [3.05, 3.63) is 23.8 Å². The molecule has 2 saturated heterocycles. The maximum atomic E-state index is 12.5. The lowest BCUT2D eigenvalue weighted by Crippen LogP contribution is -2.40. The van der Waals surface area contributed by atoms with E-state index in [0.29, 0.717) is 42.7 Å². The van der Waals surface area contributed by atoms with E-state index in [9.17, 15) is 4.79 Å². The molecule has 0 aromatic heterocycles. The molecule has 3 unspecified atom stereocenters. The van der Waals surface area contributed by atoms with Crippen LogP contribution in [-0.2, 0) is 4.79 Å². The van der Waals surface area contributed by atoms with Crippen LogP contribution in [0.4, 0.5) is 0 Å². The van der Waals surface area contributed by atoms with Crippen molar-refractivity contribution in [2.24, 2.45) is 11.8 Å². The number of halogens is 1. The summed E-state index contributed by atoms with van der Waals surface area (Å²) >= 11 is 0. The van der Waals surface area contributed by atoms with Crippen LogP contribution in [0, 0.1) is 11.8 Å². The van der Waals surface area contributed by atoms with Crippen molar-refractivity contribution < 1.29 is 14.3 Å². The van der Waals surface area contributed by atoms with Crippen molar-refractivity contribution in [2.45, 2.75) is 71.0 Å². The van der Waals surface area contributed by atoms with E-state index in [1.165, 1.54) is 12.8 Å². The van der Waals surface area contributed by atoms with Crippen LogP contribution in [-0.4, -0.2) is 31.7 Å². The number of benzene rings is 1. The van der Waals surface area contributed by atoms with Crippen LogP contribution < -0.4 is 20.1 Å². The lowest BCUT2D eigenvalue weighted by Gasteiger charge is -2.29. The van der Waals surface area contributed by atoms with Gasteiger partial charge in [0.1, 0.15) is 0 Å². The minimum Gasteiger partial charge on any atom is -0.493 e. The number of rotatable bonds is 8. The van der Waals surface area contributed by atoms with Gasteiger partial charge in [0, 0.05) is 18.5 Å². The van der Waals surface area contributed by atoms with E-state index in [2.05, 4.69) is 24.5 Å². The van der Waals surface area contributed by atoms with Gasteiger partial charge in [0.05, 0.1) is 19.8 Å². The zero-order valence-electron chi connectivity index (χ0n) is 17.5. The van der Waals surface area contributed by atoms with E-state index in [1.54, 1.807) is 7.11 Å². The van der Waals surface area contributed by atoms with Gasteiger partial charge in [-0.05, 0) is 62.1 Å². The summed E-state index contributed by atoms with van der Waals surface area (Å²) in [5, 5.41) is 6.80. The summed E-state index contributed by atoms with van der Waals surface area (Å²) in [6.45, 7) is 6.91. The molecule has 0 radical (unpaired) electrons. The van der Waals surface area contributed by atoms with Crippen LogP contribution in [0.15, 0.2) is 18.2 Å². The summed E-state index contributed by atoms with van der Waals surface area (Å²) in [6, 6.07) is 7.11. The Kier molecular flexibility index (Phi) is 8.44. The topological polar surface area (TPSA) is 59.6 Å². The number of methoxy groups -OCH3 is 1. The van der Waals surface area contributed by atoms with E-state index in [4.69, 9.17) is 9.47 Å². The van der Waals surface area contributed by atoms with Crippen LogP contribution in [0.3, 0.4) is 0 Å². The van der Waals surface area contributed by atoms with Crippen LogP contribution in [0.25, 0.3) is 0 Å². The second-order valence-electron chi connectivity index (χ2n) is 8.58. The number of nitrogens with one attached hydrogen (secondary N) is 2. The fraction of sp³-hybridized carbons (Fsp3) is 0.682. The molecular formula is C22H35ClN2O3. The predicted molar refractivity (Wildman–Crippen MR) is 114 cm³/mol. The van der Waals surface area contributed by atoms with Gasteiger partial charge in [0.2, 0.25) is 5.91 Å². The Labute approximate surface area is 175 Å². The van der Waals surface area contributed by atoms with Crippen LogP contribution in [0.5, 0.6) is 11.5 Å². The molecule has 2 aliphatic rings. The van der Waals surface area contributed by atoms with Crippen molar-refractivity contribution in [3.63, 3.8) is 0 Å². The molecule has 1 amide bonds. The molecular weight excluding hydrogens is 376 g/mol. The number of hydrogen-bond donors (Lipinski definition) is 2. The van der Waals surface area contributed by atoms with Crippen molar-refractivity contribution in [1.82, 2.24) is 10.6 Å². The smallest absolute Gasteiger partial charge is 0.220 e. The Hall–Kier alpha value is -1.46. The predicted octanol–water partition coefficient (Wildman–Crippen LogP) is 4.25. The number of ether oxygens (including phenoxy) is 2. The highest BCUT2D eigenvalue weighted by atomic mass is 35.5. The summed E-state index contributed by atoms with van der Waals surface area (Å²) in [4.78, 5) is 12.5. The average molecular weight is 411 g/mol. The number of carbonyl (C=O) groups excluding carboxylic acids is 1.